The van der Waals surface area contributed by atoms with Crippen LogP contribution in [0.25, 0.3) is 6.08 Å². The first-order valence-electron chi connectivity index (χ1n) is 12.7. The van der Waals surface area contributed by atoms with Crippen molar-refractivity contribution in [3.8, 4) is 6.07 Å². The Morgan fingerprint density at radius 2 is 1.79 bits per heavy atom. The summed E-state index contributed by atoms with van der Waals surface area (Å²) in [6, 6.07) is 17.5. The molecule has 38 heavy (non-hydrogen) atoms. The lowest BCUT2D eigenvalue weighted by atomic mass is 9.75. The number of nitriles is 1. The van der Waals surface area contributed by atoms with Crippen molar-refractivity contribution >= 4 is 29.6 Å². The largest absolute Gasteiger partial charge is 0.378 e. The highest BCUT2D eigenvalue weighted by atomic mass is 16.2. The van der Waals surface area contributed by atoms with Crippen LogP contribution in [0.5, 0.6) is 0 Å². The van der Waals surface area contributed by atoms with Crippen LogP contribution in [0.4, 0.5) is 0 Å². The highest BCUT2D eigenvalue weighted by Gasteiger charge is 2.43. The Bertz CT molecular complexity index is 1290. The van der Waals surface area contributed by atoms with Crippen LogP contribution in [0, 0.1) is 23.2 Å². The first kappa shape index (κ1) is 26.6. The average Bonchev–Trinajstić information content (AvgIpc) is 3.23. The minimum atomic E-state index is -1.05. The van der Waals surface area contributed by atoms with Crippen molar-refractivity contribution in [1.29, 1.82) is 5.26 Å². The van der Waals surface area contributed by atoms with E-state index in [-0.39, 0.29) is 24.7 Å². The molecule has 0 radical (unpaired) electrons. The molecule has 2 aromatic carbocycles. The average molecular weight is 511 g/mol. The van der Waals surface area contributed by atoms with E-state index in [1.54, 1.807) is 18.2 Å². The molecule has 2 aromatic rings. The molecule has 0 aromatic heterocycles. The van der Waals surface area contributed by atoms with Gasteiger partial charge in [-0.1, -0.05) is 61.5 Å². The highest BCUT2D eigenvalue weighted by Crippen LogP contribution is 2.32. The van der Waals surface area contributed by atoms with Gasteiger partial charge in [0, 0.05) is 12.1 Å². The number of hydrogen-bond acceptors (Lipinski definition) is 6. The molecule has 194 valence electrons. The third-order valence-corrected chi connectivity index (χ3v) is 7.02. The Labute approximate surface area is 221 Å². The summed E-state index contributed by atoms with van der Waals surface area (Å²) < 4.78 is 0. The zero-order valence-electron chi connectivity index (χ0n) is 21.0. The van der Waals surface area contributed by atoms with Gasteiger partial charge in [-0.2, -0.15) is 5.26 Å². The monoisotopic (exact) mass is 510 g/mol. The summed E-state index contributed by atoms with van der Waals surface area (Å²) >= 11 is 0. The van der Waals surface area contributed by atoms with E-state index in [2.05, 4.69) is 28.6 Å². The maximum Gasteiger partial charge on any atom is 0.237 e. The van der Waals surface area contributed by atoms with Gasteiger partial charge in [-0.05, 0) is 48.1 Å². The molecule has 0 spiro atoms. The van der Waals surface area contributed by atoms with Crippen molar-refractivity contribution in [3.05, 3.63) is 89.6 Å². The molecule has 1 aliphatic carbocycles. The first-order chi connectivity index (χ1) is 18.3. The van der Waals surface area contributed by atoms with Gasteiger partial charge < -0.3 is 10.6 Å². The Hall–Kier alpha value is -4.51. The molecule has 2 aliphatic rings. The van der Waals surface area contributed by atoms with E-state index >= 15 is 0 Å². The number of carbonyl (C=O) groups excluding carboxylic acids is 4. The minimum absolute atomic E-state index is 0.0385. The van der Waals surface area contributed by atoms with E-state index in [0.717, 1.165) is 30.4 Å². The van der Waals surface area contributed by atoms with Crippen LogP contribution in [-0.4, -0.2) is 29.5 Å². The predicted octanol–water partition coefficient (Wildman–Crippen LogP) is 3.32. The van der Waals surface area contributed by atoms with Gasteiger partial charge in [0.05, 0.1) is 30.1 Å². The molecule has 8 nitrogen and oxygen atoms in total. The molecule has 0 bridgehead atoms. The van der Waals surface area contributed by atoms with Gasteiger partial charge in [0.15, 0.2) is 5.78 Å². The molecule has 1 saturated carbocycles. The summed E-state index contributed by atoms with van der Waals surface area (Å²) in [5.74, 6) is -2.87. The van der Waals surface area contributed by atoms with E-state index in [9.17, 15) is 19.2 Å². The molecule has 2 fully saturated rings. The van der Waals surface area contributed by atoms with Crippen LogP contribution < -0.4 is 16.0 Å². The molecule has 8 heteroatoms. The molecular formula is C30H30N4O4. The molecule has 1 unspecified atom stereocenters. The maximum absolute atomic E-state index is 13.2. The van der Waals surface area contributed by atoms with Crippen LogP contribution in [0.2, 0.25) is 0 Å². The van der Waals surface area contributed by atoms with E-state index in [1.165, 1.54) is 0 Å². The molecule has 3 amide bonds. The third kappa shape index (κ3) is 6.62. The van der Waals surface area contributed by atoms with Crippen molar-refractivity contribution in [1.82, 2.24) is 16.0 Å². The summed E-state index contributed by atoms with van der Waals surface area (Å²) in [5, 5.41) is 17.3. The lowest BCUT2D eigenvalue weighted by Gasteiger charge is -2.34. The number of imide groups is 1. The number of nitrogens with one attached hydrogen (secondary N) is 3. The summed E-state index contributed by atoms with van der Waals surface area (Å²) in [6.45, 7) is 4.07. The topological polar surface area (TPSA) is 128 Å². The smallest absolute Gasteiger partial charge is 0.237 e. The van der Waals surface area contributed by atoms with Crippen LogP contribution in [-0.2, 0) is 19.2 Å². The number of nitrogens with zero attached hydrogens (tertiary/aromatic N) is 1. The predicted molar refractivity (Wildman–Crippen MR) is 142 cm³/mol. The number of allylic oxidation sites excluding steroid dienone is 1. The van der Waals surface area contributed by atoms with Gasteiger partial charge in [0.1, 0.15) is 5.92 Å². The Kier molecular flexibility index (Phi) is 8.49. The SMILES string of the molecule is C=C(/C=C/c1ccc(C#N)cc1)N[C@@H](CC(=O)NC(C(=O)[C@H]1CC(=O)NC1=O)C1CCC1)c1ccccc1. The number of carbonyl (C=O) groups is 4. The van der Waals surface area contributed by atoms with Gasteiger partial charge in [0.2, 0.25) is 17.7 Å². The van der Waals surface area contributed by atoms with Crippen LogP contribution >= 0.6 is 0 Å². The zero-order chi connectivity index (χ0) is 27.1. The van der Waals surface area contributed by atoms with Crippen molar-refractivity contribution in [2.75, 3.05) is 0 Å². The van der Waals surface area contributed by atoms with E-state index in [0.29, 0.717) is 11.3 Å². The second kappa shape index (κ2) is 12.2. The van der Waals surface area contributed by atoms with Crippen molar-refractivity contribution in [2.45, 2.75) is 44.2 Å². The van der Waals surface area contributed by atoms with Crippen molar-refractivity contribution in [3.63, 3.8) is 0 Å². The van der Waals surface area contributed by atoms with Crippen molar-refractivity contribution in [2.24, 2.45) is 11.8 Å². The third-order valence-electron chi connectivity index (χ3n) is 7.02. The molecule has 3 atom stereocenters. The number of benzene rings is 2. The van der Waals surface area contributed by atoms with Gasteiger partial charge in [0.25, 0.3) is 0 Å². The summed E-state index contributed by atoms with van der Waals surface area (Å²) in [4.78, 5) is 50.2. The summed E-state index contributed by atoms with van der Waals surface area (Å²) in [7, 11) is 0. The lowest BCUT2D eigenvalue weighted by Crippen LogP contribution is -2.51. The normalized spacial score (nSPS) is 18.7. The number of rotatable bonds is 11. The molecule has 1 saturated heterocycles. The maximum atomic E-state index is 13.2. The quantitative estimate of drug-likeness (QED) is 0.242. The molecule has 3 N–H and O–H groups in total. The fourth-order valence-corrected chi connectivity index (χ4v) is 4.69. The Morgan fingerprint density at radius 1 is 1.08 bits per heavy atom. The Balaban J connectivity index is 1.44. The molecule has 4 rings (SSSR count). The molecular weight excluding hydrogens is 480 g/mol. The fourth-order valence-electron chi connectivity index (χ4n) is 4.69. The summed E-state index contributed by atoms with van der Waals surface area (Å²) in [6.07, 6.45) is 6.06. The molecule has 1 aliphatic heterocycles. The highest BCUT2D eigenvalue weighted by molar-refractivity contribution is 6.15. The van der Waals surface area contributed by atoms with Gasteiger partial charge in [-0.15, -0.1) is 0 Å². The Morgan fingerprint density at radius 3 is 2.37 bits per heavy atom. The minimum Gasteiger partial charge on any atom is -0.378 e. The number of ketones is 1. The van der Waals surface area contributed by atoms with Gasteiger partial charge >= 0.3 is 0 Å². The van der Waals surface area contributed by atoms with Gasteiger partial charge in [-0.25, -0.2) is 0 Å². The zero-order valence-corrected chi connectivity index (χ0v) is 21.0. The van der Waals surface area contributed by atoms with Crippen LogP contribution in [0.3, 0.4) is 0 Å². The standard InChI is InChI=1S/C30H30N4O4/c1-19(10-11-20-12-14-21(18-31)15-13-20)32-25(22-6-3-2-4-7-22)17-27(36)33-28(23-8-5-9-23)29(37)24-16-26(35)34-30(24)38/h2-4,6-7,10-15,23-25,28,32H,1,5,8-9,16-17H2,(H,33,36)(H,34,35,38)/b11-10+/t24-,25+,28?/m1/s1. The van der Waals surface area contributed by atoms with E-state index < -0.39 is 35.6 Å². The van der Waals surface area contributed by atoms with E-state index in [1.807, 2.05) is 48.5 Å². The summed E-state index contributed by atoms with van der Waals surface area (Å²) in [5.41, 5.74) is 2.94. The fraction of sp³-hybridized carbons (Fsp3) is 0.300. The van der Waals surface area contributed by atoms with Crippen LogP contribution in [0.1, 0.15) is 54.8 Å². The first-order valence-corrected chi connectivity index (χ1v) is 12.7. The second-order valence-corrected chi connectivity index (χ2v) is 9.71. The number of amides is 3. The number of Topliss-reactive ketones (excluding diaryl/α,β-unsaturated/α-hetero) is 1. The number of hydrogen-bond donors (Lipinski definition) is 3. The van der Waals surface area contributed by atoms with Gasteiger partial charge in [-0.3, -0.25) is 24.5 Å². The van der Waals surface area contributed by atoms with Crippen molar-refractivity contribution < 1.29 is 19.2 Å². The second-order valence-electron chi connectivity index (χ2n) is 9.71. The lowest BCUT2D eigenvalue weighted by molar-refractivity contribution is -0.137. The van der Waals surface area contributed by atoms with Crippen LogP contribution in [0.15, 0.2) is 72.9 Å². The molecule has 1 heterocycles. The van der Waals surface area contributed by atoms with E-state index in [4.69, 9.17) is 5.26 Å².